The molecule has 1 saturated heterocycles. The molecule has 0 radical (unpaired) electrons. The summed E-state index contributed by atoms with van der Waals surface area (Å²) in [6.07, 6.45) is 5.47. The number of amides is 4. The highest BCUT2D eigenvalue weighted by Gasteiger charge is 2.27. The van der Waals surface area contributed by atoms with E-state index in [1.165, 1.54) is 6.42 Å². The van der Waals surface area contributed by atoms with Crippen LogP contribution >= 0.6 is 0 Å². The third-order valence-electron chi connectivity index (χ3n) is 4.86. The molecule has 1 saturated carbocycles. The Hall–Kier alpha value is -1.63. The van der Waals surface area contributed by atoms with Gasteiger partial charge in [-0.15, -0.1) is 0 Å². The predicted octanol–water partition coefficient (Wildman–Crippen LogP) is 0.698. The maximum atomic E-state index is 12.2. The largest absolute Gasteiger partial charge is 0.340 e. The molecule has 2 fully saturated rings. The van der Waals surface area contributed by atoms with E-state index in [1.54, 1.807) is 18.7 Å². The van der Waals surface area contributed by atoms with Gasteiger partial charge in [0.15, 0.2) is 0 Å². The molecule has 23 heavy (non-hydrogen) atoms. The molecule has 1 heterocycles. The summed E-state index contributed by atoms with van der Waals surface area (Å²) < 4.78 is 0. The second kappa shape index (κ2) is 8.29. The number of hydrogen-bond acceptors (Lipinski definition) is 4. The van der Waals surface area contributed by atoms with Gasteiger partial charge in [-0.25, -0.2) is 4.79 Å². The third-order valence-corrected chi connectivity index (χ3v) is 4.86. The number of nitrogens with one attached hydrogen (secondary N) is 2. The van der Waals surface area contributed by atoms with E-state index in [4.69, 9.17) is 0 Å². The number of imide groups is 1. The summed E-state index contributed by atoms with van der Waals surface area (Å²) in [4.78, 5) is 39.2. The van der Waals surface area contributed by atoms with Crippen molar-refractivity contribution in [1.29, 1.82) is 0 Å². The summed E-state index contributed by atoms with van der Waals surface area (Å²) in [5.74, 6) is -0.219. The molecule has 7 nitrogen and oxygen atoms in total. The molecule has 130 valence electrons. The fourth-order valence-electron chi connectivity index (χ4n) is 3.27. The number of urea groups is 1. The number of rotatable bonds is 3. The van der Waals surface area contributed by atoms with Crippen molar-refractivity contribution in [3.63, 3.8) is 0 Å². The Morgan fingerprint density at radius 1 is 1.00 bits per heavy atom. The highest BCUT2D eigenvalue weighted by Crippen LogP contribution is 2.17. The zero-order chi connectivity index (χ0) is 16.8. The van der Waals surface area contributed by atoms with E-state index in [-0.39, 0.29) is 23.9 Å². The first kappa shape index (κ1) is 17.7. The van der Waals surface area contributed by atoms with Crippen LogP contribution in [-0.4, -0.2) is 65.9 Å². The molecular weight excluding hydrogens is 296 g/mol. The quantitative estimate of drug-likeness (QED) is 0.800. The highest BCUT2D eigenvalue weighted by molar-refractivity contribution is 5.96. The van der Waals surface area contributed by atoms with E-state index in [9.17, 15) is 14.4 Å². The van der Waals surface area contributed by atoms with Crippen LogP contribution in [0.3, 0.4) is 0 Å². The van der Waals surface area contributed by atoms with Crippen molar-refractivity contribution in [2.24, 2.45) is 0 Å². The molecule has 0 aromatic heterocycles. The summed E-state index contributed by atoms with van der Waals surface area (Å²) in [7, 11) is 0. The van der Waals surface area contributed by atoms with Crippen LogP contribution < -0.4 is 10.6 Å². The Balaban J connectivity index is 1.74. The van der Waals surface area contributed by atoms with Gasteiger partial charge in [-0.05, 0) is 19.8 Å². The van der Waals surface area contributed by atoms with Gasteiger partial charge in [0.05, 0.1) is 6.04 Å². The van der Waals surface area contributed by atoms with Gasteiger partial charge in [-0.3, -0.25) is 19.8 Å². The summed E-state index contributed by atoms with van der Waals surface area (Å²) in [6, 6.07) is -0.580. The lowest BCUT2D eigenvalue weighted by molar-refractivity contribution is -0.132. The van der Waals surface area contributed by atoms with Crippen LogP contribution in [0.2, 0.25) is 0 Å². The van der Waals surface area contributed by atoms with Crippen molar-refractivity contribution in [2.45, 2.75) is 58.0 Å². The summed E-state index contributed by atoms with van der Waals surface area (Å²) in [5, 5.41) is 5.33. The zero-order valence-electron chi connectivity index (χ0n) is 14.1. The van der Waals surface area contributed by atoms with Crippen molar-refractivity contribution in [2.75, 3.05) is 26.2 Å². The summed E-state index contributed by atoms with van der Waals surface area (Å²) in [5.41, 5.74) is 0. The standard InChI is InChI=1S/C16H28N4O3/c1-12(19-8-10-20(11-9-19)13(2)21)15(22)18-16(23)17-14-6-4-3-5-7-14/h12,14H,3-11H2,1-2H3,(H2,17,18,22,23)/t12-/m1/s1. The Morgan fingerprint density at radius 3 is 2.17 bits per heavy atom. The molecule has 2 aliphatic rings. The van der Waals surface area contributed by atoms with E-state index < -0.39 is 6.03 Å². The second-order valence-electron chi connectivity index (χ2n) is 6.52. The Morgan fingerprint density at radius 2 is 1.61 bits per heavy atom. The second-order valence-corrected chi connectivity index (χ2v) is 6.52. The molecule has 0 aromatic carbocycles. The average molecular weight is 324 g/mol. The zero-order valence-corrected chi connectivity index (χ0v) is 14.1. The van der Waals surface area contributed by atoms with Crippen LogP contribution in [0.15, 0.2) is 0 Å². The molecule has 7 heteroatoms. The van der Waals surface area contributed by atoms with Crippen molar-refractivity contribution in [3.8, 4) is 0 Å². The van der Waals surface area contributed by atoms with Gasteiger partial charge in [0.2, 0.25) is 11.8 Å². The van der Waals surface area contributed by atoms with E-state index >= 15 is 0 Å². The van der Waals surface area contributed by atoms with Gasteiger partial charge in [-0.1, -0.05) is 19.3 Å². The van der Waals surface area contributed by atoms with Gasteiger partial charge in [0.25, 0.3) is 0 Å². The maximum Gasteiger partial charge on any atom is 0.321 e. The molecule has 0 unspecified atom stereocenters. The molecule has 2 rings (SSSR count). The first-order chi connectivity index (χ1) is 11.0. The van der Waals surface area contributed by atoms with Crippen LogP contribution in [0.5, 0.6) is 0 Å². The predicted molar refractivity (Wildman–Crippen MR) is 86.8 cm³/mol. The van der Waals surface area contributed by atoms with Crippen LogP contribution in [0.1, 0.15) is 46.0 Å². The van der Waals surface area contributed by atoms with Crippen molar-refractivity contribution in [1.82, 2.24) is 20.4 Å². The Bertz CT molecular complexity index is 441. The van der Waals surface area contributed by atoms with E-state index in [0.717, 1.165) is 25.7 Å². The van der Waals surface area contributed by atoms with Crippen molar-refractivity contribution >= 4 is 17.8 Å². The van der Waals surface area contributed by atoms with Gasteiger partial charge in [0, 0.05) is 39.1 Å². The molecule has 0 aromatic rings. The molecule has 1 aliphatic carbocycles. The van der Waals surface area contributed by atoms with Crippen LogP contribution in [0, 0.1) is 0 Å². The van der Waals surface area contributed by atoms with Gasteiger partial charge >= 0.3 is 6.03 Å². The van der Waals surface area contributed by atoms with Gasteiger partial charge in [-0.2, -0.15) is 0 Å². The van der Waals surface area contributed by atoms with Gasteiger partial charge in [0.1, 0.15) is 0 Å². The minimum Gasteiger partial charge on any atom is -0.340 e. The first-order valence-electron chi connectivity index (χ1n) is 8.58. The molecule has 0 spiro atoms. The van der Waals surface area contributed by atoms with Crippen LogP contribution in [-0.2, 0) is 9.59 Å². The molecular formula is C16H28N4O3. The fraction of sp³-hybridized carbons (Fsp3) is 0.812. The molecule has 1 aliphatic heterocycles. The minimum atomic E-state index is -0.392. The topological polar surface area (TPSA) is 81.8 Å². The van der Waals surface area contributed by atoms with Crippen LogP contribution in [0.4, 0.5) is 4.79 Å². The van der Waals surface area contributed by atoms with Gasteiger partial charge < -0.3 is 10.2 Å². The summed E-state index contributed by atoms with van der Waals surface area (Å²) >= 11 is 0. The fourth-order valence-corrected chi connectivity index (χ4v) is 3.27. The Labute approximate surface area is 137 Å². The van der Waals surface area contributed by atoms with E-state index in [2.05, 4.69) is 10.6 Å². The molecule has 0 bridgehead atoms. The van der Waals surface area contributed by atoms with E-state index in [1.807, 2.05) is 4.90 Å². The SMILES string of the molecule is CC(=O)N1CCN([C@H](C)C(=O)NC(=O)NC2CCCCC2)CC1. The lowest BCUT2D eigenvalue weighted by atomic mass is 9.96. The maximum absolute atomic E-state index is 12.2. The first-order valence-corrected chi connectivity index (χ1v) is 8.58. The lowest BCUT2D eigenvalue weighted by Crippen LogP contribution is -2.56. The lowest BCUT2D eigenvalue weighted by Gasteiger charge is -2.36. The normalized spacial score (nSPS) is 21.6. The van der Waals surface area contributed by atoms with Crippen LogP contribution in [0.25, 0.3) is 0 Å². The molecule has 2 N–H and O–H groups in total. The smallest absolute Gasteiger partial charge is 0.321 e. The molecule has 4 amide bonds. The number of carbonyl (C=O) groups excluding carboxylic acids is 3. The number of nitrogens with zero attached hydrogens (tertiary/aromatic N) is 2. The number of hydrogen-bond donors (Lipinski definition) is 2. The molecule has 1 atom stereocenters. The Kier molecular flexibility index (Phi) is 6.38. The van der Waals surface area contributed by atoms with Crippen molar-refractivity contribution in [3.05, 3.63) is 0 Å². The number of carbonyl (C=O) groups is 3. The highest BCUT2D eigenvalue weighted by atomic mass is 16.2. The third kappa shape index (κ3) is 5.20. The summed E-state index contributed by atoms with van der Waals surface area (Å²) in [6.45, 7) is 5.91. The number of piperazine rings is 1. The minimum absolute atomic E-state index is 0.0635. The average Bonchev–Trinajstić information content (AvgIpc) is 2.55. The van der Waals surface area contributed by atoms with E-state index in [0.29, 0.717) is 26.2 Å². The monoisotopic (exact) mass is 324 g/mol. The van der Waals surface area contributed by atoms with Crippen molar-refractivity contribution < 1.29 is 14.4 Å².